The molecule has 0 amide bonds. The van der Waals surface area contributed by atoms with Gasteiger partial charge in [-0.2, -0.15) is 0 Å². The van der Waals surface area contributed by atoms with Gasteiger partial charge in [0.05, 0.1) is 12.2 Å². The highest BCUT2D eigenvalue weighted by Gasteiger charge is 2.43. The van der Waals surface area contributed by atoms with E-state index in [0.29, 0.717) is 25.2 Å². The molecule has 3 unspecified atom stereocenters. The van der Waals surface area contributed by atoms with Gasteiger partial charge in [-0.25, -0.2) is 0 Å². The molecule has 0 saturated heterocycles. The van der Waals surface area contributed by atoms with Crippen LogP contribution in [0.5, 0.6) is 0 Å². The van der Waals surface area contributed by atoms with Crippen LogP contribution in [0.15, 0.2) is 23.8 Å². The van der Waals surface area contributed by atoms with Crippen LogP contribution >= 0.6 is 0 Å². The third-order valence-electron chi connectivity index (χ3n) is 4.08. The second kappa shape index (κ2) is 6.49. The second-order valence-electron chi connectivity index (χ2n) is 5.92. The summed E-state index contributed by atoms with van der Waals surface area (Å²) in [5, 5.41) is 19.4. The number of rotatable bonds is 7. The van der Waals surface area contributed by atoms with Gasteiger partial charge in [0, 0.05) is 12.8 Å². The summed E-state index contributed by atoms with van der Waals surface area (Å²) >= 11 is 0. The molecule has 0 aromatic rings. The van der Waals surface area contributed by atoms with E-state index in [4.69, 9.17) is 5.11 Å². The summed E-state index contributed by atoms with van der Waals surface area (Å²) in [6, 6.07) is 0. The van der Waals surface area contributed by atoms with Gasteiger partial charge in [-0.1, -0.05) is 18.2 Å². The summed E-state index contributed by atoms with van der Waals surface area (Å²) in [5.41, 5.74) is 1.02. The number of aliphatic hydroxyl groups excluding tert-OH is 2. The molecule has 0 heterocycles. The first-order chi connectivity index (χ1) is 9.08. The van der Waals surface area contributed by atoms with E-state index in [1.54, 1.807) is 6.92 Å². The van der Waals surface area contributed by atoms with E-state index in [2.05, 4.69) is 12.2 Å². The Morgan fingerprint density at radius 1 is 1.42 bits per heavy atom. The largest absolute Gasteiger partial charge is 0.393 e. The molecule has 0 aliphatic heterocycles. The number of carbonyl (C=O) groups is 1. The number of allylic oxidation sites excluding steroid dienone is 2. The number of carbonyl (C=O) groups excluding carboxylic acids is 1. The van der Waals surface area contributed by atoms with Crippen molar-refractivity contribution in [2.75, 3.05) is 0 Å². The molecule has 0 aromatic heterocycles. The molecule has 2 aliphatic rings. The summed E-state index contributed by atoms with van der Waals surface area (Å²) in [5.74, 6) is 0.811. The quantitative estimate of drug-likeness (QED) is 0.742. The summed E-state index contributed by atoms with van der Waals surface area (Å²) < 4.78 is 0. The van der Waals surface area contributed by atoms with E-state index in [-0.39, 0.29) is 11.7 Å². The first kappa shape index (κ1) is 14.5. The molecule has 0 radical (unpaired) electrons. The van der Waals surface area contributed by atoms with Gasteiger partial charge < -0.3 is 10.2 Å². The van der Waals surface area contributed by atoms with E-state index in [1.807, 2.05) is 6.08 Å². The lowest BCUT2D eigenvalue weighted by Gasteiger charge is -2.14. The maximum absolute atomic E-state index is 11.7. The predicted molar refractivity (Wildman–Crippen MR) is 74.6 cm³/mol. The Morgan fingerprint density at radius 3 is 2.84 bits per heavy atom. The van der Waals surface area contributed by atoms with Crippen molar-refractivity contribution in [3.8, 4) is 0 Å². The molecule has 2 aliphatic carbocycles. The van der Waals surface area contributed by atoms with E-state index < -0.39 is 12.2 Å². The standard InChI is InChI=1S/C16H24O3/c1-11(17)7-8-14(18)9-13-10-15(13)16(19)12-5-3-2-4-6-12/h3,5-6,11,13,15-17,19H,2,4,7-10H2,1H3/t11-,13?,15?,16?/m1/s1. The van der Waals surface area contributed by atoms with Crippen LogP contribution in [0, 0.1) is 11.8 Å². The minimum atomic E-state index is -0.401. The minimum absolute atomic E-state index is 0.216. The smallest absolute Gasteiger partial charge is 0.133 e. The van der Waals surface area contributed by atoms with Crippen molar-refractivity contribution in [1.82, 2.24) is 0 Å². The maximum atomic E-state index is 11.7. The zero-order valence-corrected chi connectivity index (χ0v) is 11.6. The SMILES string of the molecule is C[C@@H](O)CCC(=O)CC1CC1C(O)C1=CCCC=C1. The maximum Gasteiger partial charge on any atom is 0.133 e. The molecule has 0 aromatic carbocycles. The normalized spacial score (nSPS) is 28.7. The van der Waals surface area contributed by atoms with Crippen molar-refractivity contribution in [3.63, 3.8) is 0 Å². The number of hydrogen-bond donors (Lipinski definition) is 2. The Morgan fingerprint density at radius 2 is 2.21 bits per heavy atom. The molecule has 1 fully saturated rings. The van der Waals surface area contributed by atoms with Gasteiger partial charge >= 0.3 is 0 Å². The van der Waals surface area contributed by atoms with Crippen LogP contribution in [0.2, 0.25) is 0 Å². The number of ketones is 1. The molecule has 19 heavy (non-hydrogen) atoms. The topological polar surface area (TPSA) is 57.5 Å². The molecule has 0 spiro atoms. The van der Waals surface area contributed by atoms with Crippen molar-refractivity contribution in [2.45, 2.75) is 57.7 Å². The van der Waals surface area contributed by atoms with Crippen LogP contribution in [0.1, 0.15) is 45.4 Å². The van der Waals surface area contributed by atoms with E-state index in [0.717, 1.165) is 24.8 Å². The van der Waals surface area contributed by atoms with Crippen molar-refractivity contribution in [1.29, 1.82) is 0 Å². The Kier molecular flexibility index (Phi) is 4.94. The van der Waals surface area contributed by atoms with Gasteiger partial charge in [0.2, 0.25) is 0 Å². The summed E-state index contributed by atoms with van der Waals surface area (Å²) in [6.07, 6.45) is 10.0. The Balaban J connectivity index is 1.73. The van der Waals surface area contributed by atoms with Crippen molar-refractivity contribution in [2.24, 2.45) is 11.8 Å². The molecule has 106 valence electrons. The lowest BCUT2D eigenvalue weighted by molar-refractivity contribution is -0.120. The monoisotopic (exact) mass is 264 g/mol. The first-order valence-electron chi connectivity index (χ1n) is 7.32. The molecule has 1 saturated carbocycles. The fraction of sp³-hybridized carbons (Fsp3) is 0.688. The second-order valence-corrected chi connectivity index (χ2v) is 5.92. The van der Waals surface area contributed by atoms with Crippen LogP contribution in [0.3, 0.4) is 0 Å². The highest BCUT2D eigenvalue weighted by Crippen LogP contribution is 2.46. The van der Waals surface area contributed by atoms with Crippen LogP contribution in [0.25, 0.3) is 0 Å². The van der Waals surface area contributed by atoms with Crippen molar-refractivity contribution >= 4 is 5.78 Å². The number of aliphatic hydroxyl groups is 2. The highest BCUT2D eigenvalue weighted by molar-refractivity contribution is 5.79. The fourth-order valence-corrected chi connectivity index (χ4v) is 2.76. The predicted octanol–water partition coefficient (Wildman–Crippen LogP) is 2.38. The summed E-state index contributed by atoms with van der Waals surface area (Å²) in [4.78, 5) is 11.7. The highest BCUT2D eigenvalue weighted by atomic mass is 16.3. The number of Topliss-reactive ketones (excluding diaryl/α,β-unsaturated/α-hetero) is 1. The van der Waals surface area contributed by atoms with E-state index >= 15 is 0 Å². The molecular weight excluding hydrogens is 240 g/mol. The van der Waals surface area contributed by atoms with Crippen molar-refractivity contribution in [3.05, 3.63) is 23.8 Å². The first-order valence-corrected chi connectivity index (χ1v) is 7.32. The third-order valence-corrected chi connectivity index (χ3v) is 4.08. The lowest BCUT2D eigenvalue weighted by Crippen LogP contribution is -2.15. The fourth-order valence-electron chi connectivity index (χ4n) is 2.76. The van der Waals surface area contributed by atoms with E-state index in [1.165, 1.54) is 0 Å². The molecule has 4 atom stereocenters. The third kappa shape index (κ3) is 4.29. The van der Waals surface area contributed by atoms with Crippen LogP contribution in [-0.4, -0.2) is 28.2 Å². The zero-order valence-electron chi connectivity index (χ0n) is 11.6. The molecular formula is C16H24O3. The van der Waals surface area contributed by atoms with Crippen molar-refractivity contribution < 1.29 is 15.0 Å². The van der Waals surface area contributed by atoms with Gasteiger partial charge in [-0.3, -0.25) is 4.79 Å². The number of hydrogen-bond acceptors (Lipinski definition) is 3. The van der Waals surface area contributed by atoms with Gasteiger partial charge in [-0.15, -0.1) is 0 Å². The average molecular weight is 264 g/mol. The Bertz CT molecular complexity index is 381. The lowest BCUT2D eigenvalue weighted by atomic mass is 9.97. The average Bonchev–Trinajstić information content (AvgIpc) is 3.15. The van der Waals surface area contributed by atoms with Gasteiger partial charge in [0.1, 0.15) is 5.78 Å². The minimum Gasteiger partial charge on any atom is -0.393 e. The van der Waals surface area contributed by atoms with Gasteiger partial charge in [0.15, 0.2) is 0 Å². The Labute approximate surface area is 115 Å². The van der Waals surface area contributed by atoms with Crippen LogP contribution in [-0.2, 0) is 4.79 Å². The van der Waals surface area contributed by atoms with Gasteiger partial charge in [-0.05, 0) is 50.0 Å². The zero-order chi connectivity index (χ0) is 13.8. The molecule has 2 rings (SSSR count). The summed E-state index contributed by atoms with van der Waals surface area (Å²) in [7, 11) is 0. The van der Waals surface area contributed by atoms with Gasteiger partial charge in [0.25, 0.3) is 0 Å². The molecule has 0 bridgehead atoms. The van der Waals surface area contributed by atoms with E-state index in [9.17, 15) is 9.90 Å². The molecule has 3 heteroatoms. The molecule has 2 N–H and O–H groups in total. The Hall–Kier alpha value is -0.930. The van der Waals surface area contributed by atoms with Crippen LogP contribution in [0.4, 0.5) is 0 Å². The molecule has 3 nitrogen and oxygen atoms in total. The van der Waals surface area contributed by atoms with Crippen LogP contribution < -0.4 is 0 Å². The summed E-state index contributed by atoms with van der Waals surface area (Å²) in [6.45, 7) is 1.71.